The standard InChI is InChI=1S/C43H54N8O8SSi/c1-24(2)36(47-35(53)20-52)42(55)51-23-61(6,7)22-34(51)40-45-31-15-13-29-18-28(12-14-30(29)38(31)48-40)26-8-10-27(11-9-26)32-19-44-39(46-32)33-21-60(57,58)17-16-50(33)41(54)37(25(3)4)49-43(56)59-5/h8-15,18-19,24-25,33-34,36-37,52H,16-17,20-23H2,1-7H3,(H,44,46)(H,45,48)(H,47,53)(H,49,56)/t33?,34-,36-,37-/m0/s1. The minimum absolute atomic E-state index is 0.0331. The zero-order chi connectivity index (χ0) is 44.0. The molecular weight excluding hydrogens is 817 g/mol. The van der Waals surface area contributed by atoms with Crippen LogP contribution in [0.5, 0.6) is 0 Å². The topological polar surface area (TPSA) is 220 Å². The van der Waals surface area contributed by atoms with Crippen molar-refractivity contribution in [3.8, 4) is 22.4 Å². The molecule has 61 heavy (non-hydrogen) atoms. The van der Waals surface area contributed by atoms with Crippen molar-refractivity contribution in [2.75, 3.05) is 37.9 Å². The summed E-state index contributed by atoms with van der Waals surface area (Å²) in [4.78, 5) is 71.6. The number of carbonyl (C=O) groups is 4. The molecule has 2 aliphatic rings. The second kappa shape index (κ2) is 17.0. The smallest absolute Gasteiger partial charge is 0.407 e. The third-order valence-electron chi connectivity index (χ3n) is 11.7. The molecular formula is C43H54N8O8SSi. The van der Waals surface area contributed by atoms with Crippen LogP contribution in [-0.2, 0) is 29.0 Å². The number of hydrogen-bond donors (Lipinski definition) is 5. The number of fused-ring (bicyclic) bond motifs is 3. The van der Waals surface area contributed by atoms with Crippen molar-refractivity contribution in [3.05, 3.63) is 72.4 Å². The molecule has 16 nitrogen and oxygen atoms in total. The van der Waals surface area contributed by atoms with E-state index < -0.39 is 60.6 Å². The van der Waals surface area contributed by atoms with E-state index in [1.54, 1.807) is 20.0 Å². The first-order valence-corrected chi connectivity index (χ1v) is 25.8. The van der Waals surface area contributed by atoms with Crippen molar-refractivity contribution in [1.82, 2.24) is 40.4 Å². The van der Waals surface area contributed by atoms with Crippen LogP contribution in [0.25, 0.3) is 44.2 Å². The zero-order valence-corrected chi connectivity index (χ0v) is 37.3. The fourth-order valence-electron chi connectivity index (χ4n) is 8.49. The second-order valence-corrected chi connectivity index (χ2v) is 24.9. The number of aliphatic hydroxyl groups excluding tert-OH is 1. The number of aliphatic hydroxyl groups is 1. The molecule has 0 radical (unpaired) electrons. The number of sulfone groups is 1. The molecule has 7 rings (SSSR count). The van der Waals surface area contributed by atoms with Crippen molar-refractivity contribution in [2.45, 2.75) is 71.0 Å². The van der Waals surface area contributed by atoms with Gasteiger partial charge in [0.05, 0.1) is 55.7 Å². The Labute approximate surface area is 355 Å². The molecule has 2 saturated heterocycles. The van der Waals surface area contributed by atoms with Crippen molar-refractivity contribution >= 4 is 63.5 Å². The Morgan fingerprint density at radius 2 is 1.52 bits per heavy atom. The number of amides is 4. The first-order chi connectivity index (χ1) is 28.9. The summed E-state index contributed by atoms with van der Waals surface area (Å²) in [6.45, 7) is 11.1. The molecule has 18 heteroatoms. The summed E-state index contributed by atoms with van der Waals surface area (Å²) in [5, 5.41) is 16.6. The van der Waals surface area contributed by atoms with E-state index in [1.165, 1.54) is 12.0 Å². The quantitative estimate of drug-likeness (QED) is 0.115. The van der Waals surface area contributed by atoms with Crippen LogP contribution in [0.4, 0.5) is 4.79 Å². The Morgan fingerprint density at radius 1 is 0.869 bits per heavy atom. The van der Waals surface area contributed by atoms with Gasteiger partial charge in [-0.15, -0.1) is 0 Å². The number of methoxy groups -OCH3 is 1. The van der Waals surface area contributed by atoms with E-state index in [0.717, 1.165) is 44.5 Å². The molecule has 0 spiro atoms. The average Bonchev–Trinajstić information content (AvgIpc) is 3.98. The minimum atomic E-state index is -3.46. The first-order valence-electron chi connectivity index (χ1n) is 20.5. The number of rotatable bonds is 11. The summed E-state index contributed by atoms with van der Waals surface area (Å²) in [6, 6.07) is 16.2. The number of benzene rings is 3. The predicted molar refractivity (Wildman–Crippen MR) is 234 cm³/mol. The van der Waals surface area contributed by atoms with Crippen LogP contribution in [-0.4, -0.2) is 125 Å². The molecule has 4 amide bonds. The summed E-state index contributed by atoms with van der Waals surface area (Å²) >= 11 is 0. The van der Waals surface area contributed by atoms with Crippen LogP contribution in [0.1, 0.15) is 51.4 Å². The maximum atomic E-state index is 14.0. The number of hydrogen-bond acceptors (Lipinski definition) is 10. The molecule has 1 unspecified atom stereocenters. The van der Waals surface area contributed by atoms with Gasteiger partial charge in [0.25, 0.3) is 0 Å². The second-order valence-electron chi connectivity index (χ2n) is 17.6. The Hall–Kier alpha value is -5.59. The summed E-state index contributed by atoms with van der Waals surface area (Å²) < 4.78 is 30.3. The lowest BCUT2D eigenvalue weighted by Crippen LogP contribution is -2.55. The van der Waals surface area contributed by atoms with E-state index in [4.69, 9.17) is 9.72 Å². The largest absolute Gasteiger partial charge is 0.453 e. The number of aromatic amines is 2. The molecule has 4 atom stereocenters. The van der Waals surface area contributed by atoms with Crippen LogP contribution in [0.3, 0.4) is 0 Å². The number of H-pyrrole nitrogens is 2. The number of alkyl carbamates (subject to hydrolysis) is 1. The predicted octanol–water partition coefficient (Wildman–Crippen LogP) is 4.72. The summed E-state index contributed by atoms with van der Waals surface area (Å²) in [5.74, 6) is -1.04. The highest BCUT2D eigenvalue weighted by Crippen LogP contribution is 2.39. The Morgan fingerprint density at radius 3 is 2.20 bits per heavy atom. The van der Waals surface area contributed by atoms with Crippen molar-refractivity contribution in [1.29, 1.82) is 0 Å². The number of nitrogens with one attached hydrogen (secondary N) is 4. The van der Waals surface area contributed by atoms with E-state index in [2.05, 4.69) is 50.8 Å². The van der Waals surface area contributed by atoms with Crippen molar-refractivity contribution in [3.63, 3.8) is 0 Å². The van der Waals surface area contributed by atoms with Gasteiger partial charge in [-0.3, -0.25) is 14.4 Å². The summed E-state index contributed by atoms with van der Waals surface area (Å²) in [7, 11) is -4.07. The van der Waals surface area contributed by atoms with E-state index in [0.29, 0.717) is 23.5 Å². The Balaban J connectivity index is 1.11. The van der Waals surface area contributed by atoms with Crippen LogP contribution >= 0.6 is 0 Å². The lowest BCUT2D eigenvalue weighted by atomic mass is 9.99. The molecule has 0 saturated carbocycles. The van der Waals surface area contributed by atoms with Crippen LogP contribution in [0, 0.1) is 11.8 Å². The number of carbonyl (C=O) groups excluding carboxylic acids is 4. The zero-order valence-electron chi connectivity index (χ0n) is 35.5. The first kappa shape index (κ1) is 43.5. The number of nitrogens with zero attached hydrogens (tertiary/aromatic N) is 4. The molecule has 4 heterocycles. The van der Waals surface area contributed by atoms with Gasteiger partial charge in [-0.1, -0.05) is 83.3 Å². The van der Waals surface area contributed by atoms with Crippen molar-refractivity contribution in [2.24, 2.45) is 11.8 Å². The van der Waals surface area contributed by atoms with Crippen LogP contribution < -0.4 is 10.6 Å². The highest BCUT2D eigenvalue weighted by Gasteiger charge is 2.46. The third kappa shape index (κ3) is 9.06. The lowest BCUT2D eigenvalue weighted by molar-refractivity contribution is -0.139. The van der Waals surface area contributed by atoms with Gasteiger partial charge >= 0.3 is 6.09 Å². The number of ether oxygens (including phenoxy) is 1. The lowest BCUT2D eigenvalue weighted by Gasteiger charge is -2.37. The molecule has 2 aromatic heterocycles. The number of imidazole rings is 2. The van der Waals surface area contributed by atoms with Crippen LogP contribution in [0.15, 0.2) is 60.8 Å². The van der Waals surface area contributed by atoms with Gasteiger partial charge in [-0.2, -0.15) is 0 Å². The molecule has 3 aromatic carbocycles. The maximum Gasteiger partial charge on any atom is 0.407 e. The maximum absolute atomic E-state index is 14.0. The minimum Gasteiger partial charge on any atom is -0.453 e. The average molecular weight is 871 g/mol. The fraction of sp³-hybridized carbons (Fsp3) is 0.442. The van der Waals surface area contributed by atoms with E-state index >= 15 is 0 Å². The molecule has 0 bridgehead atoms. The normalized spacial score (nSPS) is 19.6. The third-order valence-corrected chi connectivity index (χ3v) is 16.1. The Kier molecular flexibility index (Phi) is 12.2. The molecule has 2 aliphatic heterocycles. The molecule has 0 aliphatic carbocycles. The van der Waals surface area contributed by atoms with Gasteiger partial charge in [0, 0.05) is 18.1 Å². The highest BCUT2D eigenvalue weighted by molar-refractivity contribution is 7.91. The van der Waals surface area contributed by atoms with E-state index in [1.807, 2.05) is 61.2 Å². The highest BCUT2D eigenvalue weighted by atomic mass is 32.2. The van der Waals surface area contributed by atoms with Crippen molar-refractivity contribution < 1.29 is 37.4 Å². The van der Waals surface area contributed by atoms with E-state index in [9.17, 15) is 32.7 Å². The monoisotopic (exact) mass is 870 g/mol. The molecule has 2 fully saturated rings. The van der Waals surface area contributed by atoms with Gasteiger partial charge in [0.1, 0.15) is 36.4 Å². The van der Waals surface area contributed by atoms with Gasteiger partial charge in [-0.25, -0.2) is 23.2 Å². The molecule has 324 valence electrons. The number of aromatic nitrogens is 4. The fourth-order valence-corrected chi connectivity index (χ4v) is 12.8. The Bertz CT molecular complexity index is 2590. The van der Waals surface area contributed by atoms with Gasteiger partial charge in [0.2, 0.25) is 17.7 Å². The van der Waals surface area contributed by atoms with Gasteiger partial charge in [0.15, 0.2) is 9.84 Å². The van der Waals surface area contributed by atoms with Gasteiger partial charge in [-0.05, 0) is 52.1 Å². The molecule has 5 aromatic rings. The summed E-state index contributed by atoms with van der Waals surface area (Å²) in [5.41, 5.74) is 5.11. The molecule has 5 N–H and O–H groups in total. The summed E-state index contributed by atoms with van der Waals surface area (Å²) in [6.07, 6.45) is 1.52. The van der Waals surface area contributed by atoms with Crippen LogP contribution in [0.2, 0.25) is 19.1 Å². The van der Waals surface area contributed by atoms with Gasteiger partial charge < -0.3 is 40.2 Å². The SMILES string of the molecule is COC(=O)N[C@H](C(=O)N1CCS(=O)(=O)CC1c1ncc(-c2ccc(-c3ccc4c(ccc5[nH]c([C@@H]6C[Si](C)(C)CN6C(=O)[C@@H](NC(=O)CO)C(C)C)nc54)c3)cc2)[nH]1)C(C)C. The van der Waals surface area contributed by atoms with E-state index in [-0.39, 0.29) is 41.8 Å².